The van der Waals surface area contributed by atoms with Crippen molar-refractivity contribution in [2.45, 2.75) is 45.6 Å². The Balaban J connectivity index is 2.02. The van der Waals surface area contributed by atoms with Gasteiger partial charge in [-0.2, -0.15) is 0 Å². The first-order valence-electron chi connectivity index (χ1n) is 8.74. The van der Waals surface area contributed by atoms with Crippen molar-refractivity contribution < 1.29 is 9.53 Å². The minimum atomic E-state index is 0.123. The summed E-state index contributed by atoms with van der Waals surface area (Å²) in [5.74, 6) is 1.64. The van der Waals surface area contributed by atoms with Crippen LogP contribution in [0.4, 0.5) is 0 Å². The monoisotopic (exact) mass is 318 g/mol. The van der Waals surface area contributed by atoms with Crippen LogP contribution < -0.4 is 10.5 Å². The molecular formula is C19H30N2O2. The van der Waals surface area contributed by atoms with E-state index in [1.54, 1.807) is 7.11 Å². The van der Waals surface area contributed by atoms with Crippen LogP contribution in [0.25, 0.3) is 0 Å². The predicted molar refractivity (Wildman–Crippen MR) is 93.4 cm³/mol. The van der Waals surface area contributed by atoms with Gasteiger partial charge in [-0.15, -0.1) is 0 Å². The van der Waals surface area contributed by atoms with E-state index in [1.807, 2.05) is 17.0 Å². The average molecular weight is 318 g/mol. The number of likely N-dealkylation sites (N-methyl/N-ethyl adjacent to an activating group) is 1. The molecule has 1 aromatic rings. The lowest BCUT2D eigenvalue weighted by Crippen LogP contribution is -2.44. The minimum Gasteiger partial charge on any atom is -0.497 e. The van der Waals surface area contributed by atoms with Crippen LogP contribution in [-0.4, -0.2) is 37.0 Å². The van der Waals surface area contributed by atoms with E-state index in [2.05, 4.69) is 26.0 Å². The number of methoxy groups -OCH3 is 1. The molecule has 1 unspecified atom stereocenters. The zero-order chi connectivity index (χ0) is 16.8. The molecule has 3 atom stereocenters. The van der Waals surface area contributed by atoms with Gasteiger partial charge >= 0.3 is 0 Å². The topological polar surface area (TPSA) is 55.6 Å². The second-order valence-corrected chi connectivity index (χ2v) is 6.56. The fourth-order valence-electron chi connectivity index (χ4n) is 3.75. The van der Waals surface area contributed by atoms with E-state index in [1.165, 1.54) is 5.56 Å². The van der Waals surface area contributed by atoms with Gasteiger partial charge in [-0.1, -0.05) is 18.6 Å². The summed E-state index contributed by atoms with van der Waals surface area (Å²) in [6.07, 6.45) is 4.08. The number of nitrogens with two attached hydrogens (primary N) is 1. The highest BCUT2D eigenvalue weighted by Crippen LogP contribution is 2.33. The zero-order valence-electron chi connectivity index (χ0n) is 14.6. The van der Waals surface area contributed by atoms with Crippen LogP contribution in [0, 0.1) is 11.8 Å². The summed E-state index contributed by atoms with van der Waals surface area (Å²) in [6, 6.07) is 8.29. The SMILES string of the molecule is CCN(C(=O)[C@@H]1CCC[C@@H]1CN)C(C)Cc1ccc(OC)cc1. The number of benzene rings is 1. The van der Waals surface area contributed by atoms with E-state index < -0.39 is 0 Å². The molecule has 2 rings (SSSR count). The maximum atomic E-state index is 12.9. The lowest BCUT2D eigenvalue weighted by atomic mass is 9.93. The van der Waals surface area contributed by atoms with Crippen molar-refractivity contribution in [2.24, 2.45) is 17.6 Å². The number of carbonyl (C=O) groups excluding carboxylic acids is 1. The third-order valence-corrected chi connectivity index (χ3v) is 5.13. The Bertz CT molecular complexity index is 501. The number of rotatable bonds is 7. The van der Waals surface area contributed by atoms with Gasteiger partial charge in [0.15, 0.2) is 0 Å². The number of ether oxygens (including phenoxy) is 1. The second kappa shape index (κ2) is 8.34. The van der Waals surface area contributed by atoms with Crippen molar-refractivity contribution in [3.8, 4) is 5.75 Å². The minimum absolute atomic E-state index is 0.123. The Hall–Kier alpha value is -1.55. The molecule has 23 heavy (non-hydrogen) atoms. The lowest BCUT2D eigenvalue weighted by Gasteiger charge is -2.32. The molecule has 0 heterocycles. The van der Waals surface area contributed by atoms with Gasteiger partial charge in [0.25, 0.3) is 0 Å². The third-order valence-electron chi connectivity index (χ3n) is 5.13. The molecule has 1 aliphatic carbocycles. The number of nitrogens with zero attached hydrogens (tertiary/aromatic N) is 1. The molecule has 4 nitrogen and oxygen atoms in total. The van der Waals surface area contributed by atoms with E-state index in [4.69, 9.17) is 10.5 Å². The second-order valence-electron chi connectivity index (χ2n) is 6.56. The van der Waals surface area contributed by atoms with Gasteiger partial charge in [-0.3, -0.25) is 4.79 Å². The zero-order valence-corrected chi connectivity index (χ0v) is 14.6. The Morgan fingerprint density at radius 3 is 2.61 bits per heavy atom. The van der Waals surface area contributed by atoms with Crippen LogP contribution in [0.1, 0.15) is 38.7 Å². The Kier molecular flexibility index (Phi) is 6.46. The highest BCUT2D eigenvalue weighted by Gasteiger charge is 2.35. The summed E-state index contributed by atoms with van der Waals surface area (Å²) in [5.41, 5.74) is 7.08. The van der Waals surface area contributed by atoms with Crippen LogP contribution in [0.3, 0.4) is 0 Å². The van der Waals surface area contributed by atoms with Crippen molar-refractivity contribution in [2.75, 3.05) is 20.2 Å². The Labute approximate surface area is 140 Å². The summed E-state index contributed by atoms with van der Waals surface area (Å²) in [6.45, 7) is 5.58. The maximum absolute atomic E-state index is 12.9. The van der Waals surface area contributed by atoms with Crippen LogP contribution in [-0.2, 0) is 11.2 Å². The average Bonchev–Trinajstić information content (AvgIpc) is 3.04. The van der Waals surface area contributed by atoms with Gasteiger partial charge in [0.05, 0.1) is 7.11 Å². The van der Waals surface area contributed by atoms with Gasteiger partial charge in [0.1, 0.15) is 5.75 Å². The van der Waals surface area contributed by atoms with Gasteiger partial charge in [0.2, 0.25) is 5.91 Å². The van der Waals surface area contributed by atoms with E-state index in [0.717, 1.165) is 38.0 Å². The fraction of sp³-hybridized carbons (Fsp3) is 0.632. The molecule has 0 radical (unpaired) electrons. The van der Waals surface area contributed by atoms with Crippen LogP contribution in [0.15, 0.2) is 24.3 Å². The standard InChI is InChI=1S/C19H30N2O2/c1-4-21(19(22)18-7-5-6-16(18)13-20)14(2)12-15-8-10-17(23-3)11-9-15/h8-11,14,16,18H,4-7,12-13,20H2,1-3H3/t14?,16-,18-/m1/s1. The molecule has 0 saturated heterocycles. The highest BCUT2D eigenvalue weighted by atomic mass is 16.5. The molecule has 0 aromatic heterocycles. The van der Waals surface area contributed by atoms with Crippen molar-refractivity contribution in [1.82, 2.24) is 4.90 Å². The van der Waals surface area contributed by atoms with Crippen molar-refractivity contribution in [3.63, 3.8) is 0 Å². The summed E-state index contributed by atoms with van der Waals surface area (Å²) >= 11 is 0. The summed E-state index contributed by atoms with van der Waals surface area (Å²) < 4.78 is 5.20. The van der Waals surface area contributed by atoms with Crippen LogP contribution in [0.5, 0.6) is 5.75 Å². The van der Waals surface area contributed by atoms with Gasteiger partial charge in [-0.05, 0) is 63.3 Å². The molecule has 1 saturated carbocycles. The van der Waals surface area contributed by atoms with Crippen molar-refractivity contribution in [3.05, 3.63) is 29.8 Å². The smallest absolute Gasteiger partial charge is 0.226 e. The molecule has 0 spiro atoms. The normalized spacial score (nSPS) is 21.9. The van der Waals surface area contributed by atoms with E-state index in [-0.39, 0.29) is 12.0 Å². The highest BCUT2D eigenvalue weighted by molar-refractivity contribution is 5.79. The van der Waals surface area contributed by atoms with Crippen molar-refractivity contribution in [1.29, 1.82) is 0 Å². The first kappa shape index (κ1) is 17.8. The summed E-state index contributed by atoms with van der Waals surface area (Å²) in [4.78, 5) is 15.0. The van der Waals surface area contributed by atoms with Crippen molar-refractivity contribution >= 4 is 5.91 Å². The molecule has 128 valence electrons. The molecule has 1 amide bonds. The molecule has 0 bridgehead atoms. The molecule has 0 aliphatic heterocycles. The van der Waals surface area contributed by atoms with E-state index in [0.29, 0.717) is 18.4 Å². The van der Waals surface area contributed by atoms with E-state index in [9.17, 15) is 4.79 Å². The largest absolute Gasteiger partial charge is 0.497 e. The van der Waals surface area contributed by atoms with Gasteiger partial charge in [0, 0.05) is 18.5 Å². The molecule has 1 aromatic carbocycles. The van der Waals surface area contributed by atoms with Crippen LogP contribution >= 0.6 is 0 Å². The number of hydrogen-bond acceptors (Lipinski definition) is 3. The predicted octanol–water partition coefficient (Wildman–Crippen LogP) is 2.85. The Morgan fingerprint density at radius 1 is 1.35 bits per heavy atom. The fourth-order valence-corrected chi connectivity index (χ4v) is 3.75. The lowest BCUT2D eigenvalue weighted by molar-refractivity contribution is -0.138. The van der Waals surface area contributed by atoms with Gasteiger partial charge < -0.3 is 15.4 Å². The number of hydrogen-bond donors (Lipinski definition) is 1. The molecule has 1 aliphatic rings. The Morgan fingerprint density at radius 2 is 2.04 bits per heavy atom. The molecule has 4 heteroatoms. The number of amides is 1. The molecule has 1 fully saturated rings. The quantitative estimate of drug-likeness (QED) is 0.841. The molecular weight excluding hydrogens is 288 g/mol. The first-order valence-corrected chi connectivity index (χ1v) is 8.74. The first-order chi connectivity index (χ1) is 11.1. The summed E-state index contributed by atoms with van der Waals surface area (Å²) in [5, 5.41) is 0. The molecule has 2 N–H and O–H groups in total. The number of carbonyl (C=O) groups is 1. The van der Waals surface area contributed by atoms with Crippen LogP contribution in [0.2, 0.25) is 0 Å². The maximum Gasteiger partial charge on any atom is 0.226 e. The van der Waals surface area contributed by atoms with Gasteiger partial charge in [-0.25, -0.2) is 0 Å². The van der Waals surface area contributed by atoms with E-state index >= 15 is 0 Å². The summed E-state index contributed by atoms with van der Waals surface area (Å²) in [7, 11) is 1.67. The third kappa shape index (κ3) is 4.25.